The maximum absolute atomic E-state index is 2.50. The first-order chi connectivity index (χ1) is 4.61. The Bertz CT molecular complexity index is 139. The molecule has 0 aliphatic heterocycles. The predicted molar refractivity (Wildman–Crippen MR) is 49.9 cm³/mol. The highest BCUT2D eigenvalue weighted by atomic mass is 28.3. The summed E-state index contributed by atoms with van der Waals surface area (Å²) < 4.78 is 0. The van der Waals surface area contributed by atoms with Crippen LogP contribution in [0.15, 0.2) is 11.3 Å². The van der Waals surface area contributed by atoms with Crippen molar-refractivity contribution in [1.82, 2.24) is 0 Å². The molecule has 0 saturated carbocycles. The minimum atomic E-state index is -0.895. The van der Waals surface area contributed by atoms with E-state index in [1.165, 1.54) is 25.7 Å². The lowest BCUT2D eigenvalue weighted by Crippen LogP contribution is -2.24. The Balaban J connectivity index is 2.62. The first kappa shape index (κ1) is 8.06. The van der Waals surface area contributed by atoms with Gasteiger partial charge < -0.3 is 0 Å². The molecular formula is C9H18Si. The highest BCUT2D eigenvalue weighted by Crippen LogP contribution is 2.25. The van der Waals surface area contributed by atoms with Crippen LogP contribution in [-0.2, 0) is 0 Å². The predicted octanol–water partition coefficient (Wildman–Crippen LogP) is 3.36. The fourth-order valence-corrected chi connectivity index (χ4v) is 3.20. The second kappa shape index (κ2) is 2.91. The maximum atomic E-state index is 2.50. The molecule has 1 aliphatic carbocycles. The van der Waals surface area contributed by atoms with Crippen LogP contribution in [0.4, 0.5) is 0 Å². The molecule has 0 aromatic rings. The lowest BCUT2D eigenvalue weighted by molar-refractivity contribution is 0.717. The Morgan fingerprint density at radius 1 is 1.20 bits per heavy atom. The molecule has 0 atom stereocenters. The van der Waals surface area contributed by atoms with Crippen molar-refractivity contribution in [3.63, 3.8) is 0 Å². The third-order valence-electron chi connectivity index (χ3n) is 2.25. The summed E-state index contributed by atoms with van der Waals surface area (Å²) in [6.45, 7) is 7.35. The largest absolute Gasteiger partial charge is 0.0892 e. The minimum absolute atomic E-state index is 0.895. The molecule has 0 unspecified atom stereocenters. The van der Waals surface area contributed by atoms with Gasteiger partial charge in [-0.2, -0.15) is 0 Å². The lowest BCUT2D eigenvalue weighted by atomic mass is 10.1. The van der Waals surface area contributed by atoms with E-state index >= 15 is 0 Å². The van der Waals surface area contributed by atoms with Crippen molar-refractivity contribution >= 4 is 8.07 Å². The average molecular weight is 154 g/mol. The summed E-state index contributed by atoms with van der Waals surface area (Å²) in [7, 11) is -0.895. The van der Waals surface area contributed by atoms with Gasteiger partial charge in [0.2, 0.25) is 0 Å². The van der Waals surface area contributed by atoms with Crippen LogP contribution >= 0.6 is 0 Å². The Morgan fingerprint density at radius 2 is 1.90 bits per heavy atom. The van der Waals surface area contributed by atoms with Crippen LogP contribution in [0.2, 0.25) is 19.6 Å². The van der Waals surface area contributed by atoms with E-state index in [0.717, 1.165) is 0 Å². The highest BCUT2D eigenvalue weighted by Gasteiger charge is 2.19. The molecule has 0 nitrogen and oxygen atoms in total. The van der Waals surface area contributed by atoms with Crippen molar-refractivity contribution in [3.05, 3.63) is 11.3 Å². The zero-order valence-corrected chi connectivity index (χ0v) is 8.41. The number of hydrogen-bond acceptors (Lipinski definition) is 0. The van der Waals surface area contributed by atoms with Crippen LogP contribution in [0.5, 0.6) is 0 Å². The fraction of sp³-hybridized carbons (Fsp3) is 0.778. The molecule has 0 N–H and O–H groups in total. The summed E-state index contributed by atoms with van der Waals surface area (Å²) in [4.78, 5) is 0. The maximum Gasteiger partial charge on any atom is 0.0720 e. The van der Waals surface area contributed by atoms with Crippen LogP contribution in [0.1, 0.15) is 25.7 Å². The van der Waals surface area contributed by atoms with E-state index in [1.54, 1.807) is 5.20 Å². The Morgan fingerprint density at radius 3 is 2.20 bits per heavy atom. The van der Waals surface area contributed by atoms with Crippen molar-refractivity contribution in [2.24, 2.45) is 0 Å². The Labute approximate surface area is 65.3 Å². The molecular weight excluding hydrogens is 136 g/mol. The van der Waals surface area contributed by atoms with E-state index < -0.39 is 8.07 Å². The zero-order chi connectivity index (χ0) is 7.61. The van der Waals surface area contributed by atoms with Crippen LogP contribution in [0.3, 0.4) is 0 Å². The molecule has 0 amide bonds. The van der Waals surface area contributed by atoms with Gasteiger partial charge in [0, 0.05) is 0 Å². The second-order valence-electron chi connectivity index (χ2n) is 4.23. The van der Waals surface area contributed by atoms with E-state index in [1.807, 2.05) is 0 Å². The number of hydrogen-bond donors (Lipinski definition) is 0. The molecule has 0 heterocycles. The normalized spacial score (nSPS) is 20.5. The van der Waals surface area contributed by atoms with E-state index in [0.29, 0.717) is 0 Å². The van der Waals surface area contributed by atoms with Crippen molar-refractivity contribution in [1.29, 1.82) is 0 Å². The van der Waals surface area contributed by atoms with E-state index in [4.69, 9.17) is 0 Å². The number of rotatable bonds is 1. The van der Waals surface area contributed by atoms with Crippen molar-refractivity contribution in [2.75, 3.05) is 0 Å². The Hall–Kier alpha value is -0.0431. The number of allylic oxidation sites excluding steroid dienone is 2. The van der Waals surface area contributed by atoms with E-state index in [2.05, 4.69) is 25.7 Å². The average Bonchev–Trinajstić information content (AvgIpc) is 1.88. The summed E-state index contributed by atoms with van der Waals surface area (Å²) in [5, 5.41) is 1.80. The standard InChI is InChI=1S/C9H18Si/c1-10(2,3)9-7-5-4-6-8-9/h7H,4-6,8H2,1-3H3. The van der Waals surface area contributed by atoms with Crippen molar-refractivity contribution in [3.8, 4) is 0 Å². The quantitative estimate of drug-likeness (QED) is 0.508. The smallest absolute Gasteiger partial charge is 0.0720 e. The van der Waals surface area contributed by atoms with Crippen molar-refractivity contribution < 1.29 is 0 Å². The van der Waals surface area contributed by atoms with Crippen LogP contribution in [-0.4, -0.2) is 8.07 Å². The minimum Gasteiger partial charge on any atom is -0.0892 e. The monoisotopic (exact) mass is 154 g/mol. The van der Waals surface area contributed by atoms with Crippen molar-refractivity contribution in [2.45, 2.75) is 45.3 Å². The zero-order valence-electron chi connectivity index (χ0n) is 7.41. The van der Waals surface area contributed by atoms with Gasteiger partial charge in [-0.05, 0) is 25.7 Å². The second-order valence-corrected chi connectivity index (χ2v) is 9.37. The third-order valence-corrected chi connectivity index (χ3v) is 4.64. The van der Waals surface area contributed by atoms with Gasteiger partial charge in [0.25, 0.3) is 0 Å². The molecule has 0 saturated heterocycles. The fourth-order valence-electron chi connectivity index (χ4n) is 1.52. The van der Waals surface area contributed by atoms with E-state index in [9.17, 15) is 0 Å². The molecule has 58 valence electrons. The Kier molecular flexibility index (Phi) is 2.35. The topological polar surface area (TPSA) is 0 Å². The molecule has 0 spiro atoms. The molecule has 1 heteroatoms. The summed E-state index contributed by atoms with van der Waals surface area (Å²) in [6, 6.07) is 0. The van der Waals surface area contributed by atoms with Gasteiger partial charge in [0.1, 0.15) is 0 Å². The molecule has 0 aromatic carbocycles. The van der Waals surface area contributed by atoms with Gasteiger partial charge in [-0.1, -0.05) is 30.9 Å². The molecule has 1 aliphatic rings. The molecule has 0 radical (unpaired) electrons. The first-order valence-corrected chi connectivity index (χ1v) is 7.80. The van der Waals surface area contributed by atoms with Gasteiger partial charge in [0.15, 0.2) is 0 Å². The van der Waals surface area contributed by atoms with Gasteiger partial charge in [-0.25, -0.2) is 0 Å². The van der Waals surface area contributed by atoms with Crippen LogP contribution in [0.25, 0.3) is 0 Å². The molecule has 10 heavy (non-hydrogen) atoms. The molecule has 0 bridgehead atoms. The van der Waals surface area contributed by atoms with E-state index in [-0.39, 0.29) is 0 Å². The molecule has 0 aromatic heterocycles. The summed E-state index contributed by atoms with van der Waals surface area (Å²) in [5.41, 5.74) is 0. The first-order valence-electron chi connectivity index (χ1n) is 4.30. The SMILES string of the molecule is C[Si](C)(C)C1=CCCCC1. The molecule has 0 fully saturated rings. The summed E-state index contributed by atoms with van der Waals surface area (Å²) >= 11 is 0. The van der Waals surface area contributed by atoms with Gasteiger partial charge in [-0.15, -0.1) is 0 Å². The van der Waals surface area contributed by atoms with Crippen LogP contribution < -0.4 is 0 Å². The lowest BCUT2D eigenvalue weighted by Gasteiger charge is -2.23. The van der Waals surface area contributed by atoms with Crippen LogP contribution in [0, 0.1) is 0 Å². The summed E-state index contributed by atoms with van der Waals surface area (Å²) in [6.07, 6.45) is 8.11. The van der Waals surface area contributed by atoms with Gasteiger partial charge >= 0.3 is 0 Å². The highest BCUT2D eigenvalue weighted by molar-refractivity contribution is 6.83. The van der Waals surface area contributed by atoms with Gasteiger partial charge in [0.05, 0.1) is 8.07 Å². The summed E-state index contributed by atoms with van der Waals surface area (Å²) in [5.74, 6) is 0. The molecule has 1 rings (SSSR count). The third kappa shape index (κ3) is 1.98. The van der Waals surface area contributed by atoms with Gasteiger partial charge in [-0.3, -0.25) is 0 Å².